The van der Waals surface area contributed by atoms with Gasteiger partial charge < -0.3 is 4.90 Å². The van der Waals surface area contributed by atoms with E-state index in [-0.39, 0.29) is 5.91 Å². The van der Waals surface area contributed by atoms with Crippen molar-refractivity contribution in [2.75, 3.05) is 13.1 Å². The minimum atomic E-state index is -0.636. The summed E-state index contributed by atoms with van der Waals surface area (Å²) in [6.45, 7) is 3.90. The Balaban J connectivity index is 2.00. The lowest BCUT2D eigenvalue weighted by Crippen LogP contribution is -2.46. The van der Waals surface area contributed by atoms with Crippen molar-refractivity contribution >= 4 is 5.91 Å². The van der Waals surface area contributed by atoms with Gasteiger partial charge in [-0.1, -0.05) is 13.3 Å². The van der Waals surface area contributed by atoms with Crippen LogP contribution >= 0.6 is 0 Å². The second-order valence-electron chi connectivity index (χ2n) is 4.86. The van der Waals surface area contributed by atoms with Crippen LogP contribution in [0.4, 0.5) is 0 Å². The summed E-state index contributed by atoms with van der Waals surface area (Å²) < 4.78 is 0. The largest absolute Gasteiger partial charge is 0.341 e. The van der Waals surface area contributed by atoms with Crippen molar-refractivity contribution in [3.05, 3.63) is 0 Å². The summed E-state index contributed by atoms with van der Waals surface area (Å²) in [6.07, 6.45) is 4.84. The maximum atomic E-state index is 12.1. The van der Waals surface area contributed by atoms with Gasteiger partial charge in [-0.25, -0.2) is 0 Å². The fourth-order valence-electron chi connectivity index (χ4n) is 2.56. The number of carbonyl (C=O) groups excluding carboxylic acids is 1. The summed E-state index contributed by atoms with van der Waals surface area (Å²) >= 11 is 0. The van der Waals surface area contributed by atoms with Crippen LogP contribution in [0.2, 0.25) is 0 Å². The molecule has 1 atom stereocenters. The van der Waals surface area contributed by atoms with Gasteiger partial charge >= 0.3 is 0 Å². The van der Waals surface area contributed by atoms with Crippen molar-refractivity contribution < 1.29 is 4.79 Å². The van der Waals surface area contributed by atoms with Crippen molar-refractivity contribution in [1.29, 1.82) is 5.26 Å². The standard InChI is InChI=1S/C12H18N2O/c1-2-10-4-7-14(8-10)11(15)12(9-13)5-3-6-12/h10H,2-8H2,1H3. The monoisotopic (exact) mass is 206 g/mol. The van der Waals surface area contributed by atoms with Crippen LogP contribution in [-0.4, -0.2) is 23.9 Å². The van der Waals surface area contributed by atoms with Gasteiger partial charge in [0.2, 0.25) is 5.91 Å². The zero-order chi connectivity index (χ0) is 10.9. The van der Waals surface area contributed by atoms with Crippen LogP contribution in [0.25, 0.3) is 0 Å². The minimum absolute atomic E-state index is 0.104. The summed E-state index contributed by atoms with van der Waals surface area (Å²) in [5, 5.41) is 9.09. The Morgan fingerprint density at radius 3 is 2.73 bits per heavy atom. The third-order valence-corrected chi connectivity index (χ3v) is 3.98. The number of nitriles is 1. The average Bonchev–Trinajstić information content (AvgIpc) is 2.64. The molecule has 1 heterocycles. The van der Waals surface area contributed by atoms with Crippen LogP contribution in [0.3, 0.4) is 0 Å². The van der Waals surface area contributed by atoms with E-state index in [4.69, 9.17) is 5.26 Å². The molecule has 0 spiro atoms. The van der Waals surface area contributed by atoms with E-state index < -0.39 is 5.41 Å². The highest BCUT2D eigenvalue weighted by molar-refractivity contribution is 5.86. The molecule has 82 valence electrons. The molecule has 0 radical (unpaired) electrons. The molecule has 1 saturated heterocycles. The summed E-state index contributed by atoms with van der Waals surface area (Å²) in [4.78, 5) is 14.1. The van der Waals surface area contributed by atoms with Crippen LogP contribution < -0.4 is 0 Å². The summed E-state index contributed by atoms with van der Waals surface area (Å²) in [6, 6.07) is 2.23. The lowest BCUT2D eigenvalue weighted by Gasteiger charge is -2.36. The SMILES string of the molecule is CCC1CCN(C(=O)C2(C#N)CCC2)C1. The Morgan fingerprint density at radius 1 is 1.60 bits per heavy atom. The summed E-state index contributed by atoms with van der Waals surface area (Å²) in [5.74, 6) is 0.761. The molecule has 1 amide bonds. The van der Waals surface area contributed by atoms with Gasteiger partial charge in [0.25, 0.3) is 0 Å². The summed E-state index contributed by atoms with van der Waals surface area (Å²) in [7, 11) is 0. The molecule has 1 unspecified atom stereocenters. The molecule has 0 aromatic carbocycles. The van der Waals surface area contributed by atoms with E-state index in [2.05, 4.69) is 13.0 Å². The van der Waals surface area contributed by atoms with Crippen molar-refractivity contribution in [2.24, 2.45) is 11.3 Å². The molecule has 3 heteroatoms. The number of likely N-dealkylation sites (tertiary alicyclic amines) is 1. The number of hydrogen-bond acceptors (Lipinski definition) is 2. The first-order chi connectivity index (χ1) is 7.22. The molecular weight excluding hydrogens is 188 g/mol. The molecule has 1 aliphatic carbocycles. The number of nitrogens with zero attached hydrogens (tertiary/aromatic N) is 2. The van der Waals surface area contributed by atoms with Crippen molar-refractivity contribution in [1.82, 2.24) is 4.90 Å². The first-order valence-corrected chi connectivity index (χ1v) is 5.92. The maximum absolute atomic E-state index is 12.1. The van der Waals surface area contributed by atoms with E-state index in [1.54, 1.807) is 0 Å². The van der Waals surface area contributed by atoms with Crippen LogP contribution in [0.1, 0.15) is 39.0 Å². The van der Waals surface area contributed by atoms with Gasteiger partial charge in [0.05, 0.1) is 6.07 Å². The number of hydrogen-bond donors (Lipinski definition) is 0. The zero-order valence-corrected chi connectivity index (χ0v) is 9.33. The molecule has 2 fully saturated rings. The molecule has 0 N–H and O–H groups in total. The van der Waals surface area contributed by atoms with Gasteiger partial charge in [0.1, 0.15) is 5.41 Å². The van der Waals surface area contributed by atoms with Gasteiger partial charge in [-0.05, 0) is 31.6 Å². The zero-order valence-electron chi connectivity index (χ0n) is 9.33. The molecule has 0 bridgehead atoms. The molecule has 1 saturated carbocycles. The molecular formula is C12H18N2O. The highest BCUT2D eigenvalue weighted by Crippen LogP contribution is 2.42. The van der Waals surface area contributed by atoms with Gasteiger partial charge in [0, 0.05) is 13.1 Å². The van der Waals surface area contributed by atoms with Crippen molar-refractivity contribution in [3.63, 3.8) is 0 Å². The average molecular weight is 206 g/mol. The normalized spacial score (nSPS) is 28.3. The quantitative estimate of drug-likeness (QED) is 0.693. The van der Waals surface area contributed by atoms with Crippen LogP contribution in [0, 0.1) is 22.7 Å². The van der Waals surface area contributed by atoms with E-state index >= 15 is 0 Å². The second kappa shape index (κ2) is 3.84. The van der Waals surface area contributed by atoms with Gasteiger partial charge in [-0.15, -0.1) is 0 Å². The van der Waals surface area contributed by atoms with E-state index in [0.717, 1.165) is 45.2 Å². The van der Waals surface area contributed by atoms with Crippen molar-refractivity contribution in [2.45, 2.75) is 39.0 Å². The topological polar surface area (TPSA) is 44.1 Å². The first-order valence-electron chi connectivity index (χ1n) is 5.92. The summed E-state index contributed by atoms with van der Waals surface area (Å²) in [5.41, 5.74) is -0.636. The maximum Gasteiger partial charge on any atom is 0.243 e. The van der Waals surface area contributed by atoms with Crippen LogP contribution in [-0.2, 0) is 4.79 Å². The fourth-order valence-corrected chi connectivity index (χ4v) is 2.56. The van der Waals surface area contributed by atoms with Gasteiger partial charge in [-0.3, -0.25) is 4.79 Å². The molecule has 3 nitrogen and oxygen atoms in total. The van der Waals surface area contributed by atoms with Crippen molar-refractivity contribution in [3.8, 4) is 6.07 Å². The van der Waals surface area contributed by atoms with Crippen LogP contribution in [0.5, 0.6) is 0 Å². The van der Waals surface area contributed by atoms with E-state index in [1.165, 1.54) is 0 Å². The molecule has 2 aliphatic rings. The molecule has 0 aromatic heterocycles. The minimum Gasteiger partial charge on any atom is -0.341 e. The highest BCUT2D eigenvalue weighted by Gasteiger charge is 2.47. The second-order valence-corrected chi connectivity index (χ2v) is 4.86. The Hall–Kier alpha value is -1.04. The Morgan fingerprint density at radius 2 is 2.33 bits per heavy atom. The Bertz CT molecular complexity index is 301. The van der Waals surface area contributed by atoms with E-state index in [0.29, 0.717) is 5.92 Å². The van der Waals surface area contributed by atoms with Gasteiger partial charge in [-0.2, -0.15) is 5.26 Å². The molecule has 15 heavy (non-hydrogen) atoms. The van der Waals surface area contributed by atoms with Crippen LogP contribution in [0.15, 0.2) is 0 Å². The molecule has 0 aromatic rings. The predicted octanol–water partition coefficient (Wildman–Crippen LogP) is 1.94. The van der Waals surface area contributed by atoms with E-state index in [9.17, 15) is 4.79 Å². The third kappa shape index (κ3) is 1.62. The predicted molar refractivity (Wildman–Crippen MR) is 56.9 cm³/mol. The number of rotatable bonds is 2. The lowest BCUT2D eigenvalue weighted by atomic mass is 9.69. The highest BCUT2D eigenvalue weighted by atomic mass is 16.2. The number of carbonyl (C=O) groups is 1. The van der Waals surface area contributed by atoms with E-state index in [1.807, 2.05) is 4.90 Å². The number of amides is 1. The third-order valence-electron chi connectivity index (χ3n) is 3.98. The Labute approximate surface area is 91.1 Å². The first kappa shape index (κ1) is 10.5. The lowest BCUT2D eigenvalue weighted by molar-refractivity contribution is -0.141. The Kier molecular flexibility index (Phi) is 2.68. The molecule has 1 aliphatic heterocycles. The smallest absolute Gasteiger partial charge is 0.243 e. The molecule has 2 rings (SSSR count). The van der Waals surface area contributed by atoms with Gasteiger partial charge in [0.15, 0.2) is 0 Å². The fraction of sp³-hybridized carbons (Fsp3) is 0.833.